The van der Waals surface area contributed by atoms with Crippen molar-refractivity contribution in [3.05, 3.63) is 0 Å². The van der Waals surface area contributed by atoms with Crippen LogP contribution in [0.1, 0.15) is 12.8 Å². The van der Waals surface area contributed by atoms with E-state index in [0.717, 1.165) is 12.8 Å². The zero-order chi connectivity index (χ0) is 14.1. The first-order valence-corrected chi connectivity index (χ1v) is 7.16. The first kappa shape index (κ1) is 13.8. The minimum atomic E-state index is -0.340. The Morgan fingerprint density at radius 2 is 2.05 bits per heavy atom. The van der Waals surface area contributed by atoms with Crippen LogP contribution < -0.4 is 5.73 Å². The van der Waals surface area contributed by atoms with Crippen molar-refractivity contribution in [2.75, 3.05) is 39.5 Å². The average Bonchev–Trinajstić information content (AvgIpc) is 2.81. The highest BCUT2D eigenvalue weighted by atomic mass is 16.5. The summed E-state index contributed by atoms with van der Waals surface area (Å²) in [6, 6.07) is 0.278. The minimum absolute atomic E-state index is 0.00473. The van der Waals surface area contributed by atoms with Gasteiger partial charge >= 0.3 is 0 Å². The van der Waals surface area contributed by atoms with Gasteiger partial charge in [0.2, 0.25) is 11.8 Å². The van der Waals surface area contributed by atoms with Crippen molar-refractivity contribution >= 4 is 11.8 Å². The van der Waals surface area contributed by atoms with Crippen LogP contribution in [0.25, 0.3) is 0 Å². The predicted octanol–water partition coefficient (Wildman–Crippen LogP) is -1.44. The quantitative estimate of drug-likeness (QED) is 0.686. The largest absolute Gasteiger partial charge is 0.381 e. The van der Waals surface area contributed by atoms with Crippen molar-refractivity contribution in [2.24, 2.45) is 5.73 Å². The zero-order valence-electron chi connectivity index (χ0n) is 11.5. The van der Waals surface area contributed by atoms with Gasteiger partial charge in [-0.3, -0.25) is 14.5 Å². The van der Waals surface area contributed by atoms with Crippen molar-refractivity contribution in [3.8, 4) is 0 Å². The van der Waals surface area contributed by atoms with Crippen molar-refractivity contribution in [1.82, 2.24) is 9.80 Å². The van der Waals surface area contributed by atoms with Gasteiger partial charge in [-0.25, -0.2) is 0 Å². The van der Waals surface area contributed by atoms with Crippen LogP contribution in [0.5, 0.6) is 0 Å². The molecule has 0 aromatic heterocycles. The Hall–Kier alpha value is -1.18. The molecule has 7 heteroatoms. The van der Waals surface area contributed by atoms with Gasteiger partial charge in [0.05, 0.1) is 18.7 Å². The van der Waals surface area contributed by atoms with Gasteiger partial charge in [-0.15, -0.1) is 0 Å². The Kier molecular flexibility index (Phi) is 3.91. The molecule has 0 unspecified atom stereocenters. The molecule has 2 atom stereocenters. The number of carbonyl (C=O) groups excluding carboxylic acids is 2. The van der Waals surface area contributed by atoms with Crippen LogP contribution in [0.4, 0.5) is 0 Å². The van der Waals surface area contributed by atoms with Crippen LogP contribution in [-0.4, -0.2) is 79.3 Å². The van der Waals surface area contributed by atoms with Gasteiger partial charge in [0.25, 0.3) is 0 Å². The molecule has 3 heterocycles. The Morgan fingerprint density at radius 3 is 2.75 bits per heavy atom. The highest BCUT2D eigenvalue weighted by Crippen LogP contribution is 2.28. The summed E-state index contributed by atoms with van der Waals surface area (Å²) in [6.45, 7) is 3.11. The van der Waals surface area contributed by atoms with Gasteiger partial charge in [0.15, 0.2) is 0 Å². The van der Waals surface area contributed by atoms with E-state index in [1.165, 1.54) is 0 Å². The molecule has 3 aliphatic heterocycles. The van der Waals surface area contributed by atoms with E-state index in [4.69, 9.17) is 15.2 Å². The molecule has 3 fully saturated rings. The third-order valence-corrected chi connectivity index (χ3v) is 4.34. The first-order valence-electron chi connectivity index (χ1n) is 7.16. The zero-order valence-corrected chi connectivity index (χ0v) is 11.5. The molecule has 112 valence electrons. The van der Waals surface area contributed by atoms with Crippen LogP contribution >= 0.6 is 0 Å². The first-order chi connectivity index (χ1) is 9.65. The lowest BCUT2D eigenvalue weighted by Crippen LogP contribution is -2.58. The van der Waals surface area contributed by atoms with Gasteiger partial charge in [0, 0.05) is 32.3 Å². The monoisotopic (exact) mass is 283 g/mol. The maximum atomic E-state index is 12.2. The lowest BCUT2D eigenvalue weighted by Gasteiger charge is -2.43. The molecule has 20 heavy (non-hydrogen) atoms. The summed E-state index contributed by atoms with van der Waals surface area (Å²) >= 11 is 0. The second-order valence-corrected chi connectivity index (χ2v) is 5.72. The van der Waals surface area contributed by atoms with E-state index in [9.17, 15) is 9.59 Å². The lowest BCUT2D eigenvalue weighted by atomic mass is 10.0. The molecule has 0 aromatic rings. The predicted molar refractivity (Wildman–Crippen MR) is 69.8 cm³/mol. The number of likely N-dealkylation sites (tertiary alicyclic amines) is 1. The molecule has 2 amide bonds. The molecule has 0 saturated carbocycles. The summed E-state index contributed by atoms with van der Waals surface area (Å²) < 4.78 is 11.0. The molecule has 2 N–H and O–H groups in total. The maximum Gasteiger partial charge on any atom is 0.249 e. The van der Waals surface area contributed by atoms with Gasteiger partial charge in [-0.05, 0) is 12.8 Å². The number of carbonyl (C=O) groups is 2. The fourth-order valence-corrected chi connectivity index (χ4v) is 3.49. The van der Waals surface area contributed by atoms with Crippen molar-refractivity contribution in [2.45, 2.75) is 31.0 Å². The molecule has 3 rings (SSSR count). The number of amides is 2. The molecule has 0 aliphatic carbocycles. The Balaban J connectivity index is 1.71. The highest BCUT2D eigenvalue weighted by Gasteiger charge is 2.45. The molecule has 0 radical (unpaired) electrons. The Bertz CT molecular complexity index is 397. The van der Waals surface area contributed by atoms with E-state index in [0.29, 0.717) is 26.3 Å². The third kappa shape index (κ3) is 2.65. The number of nitrogens with two attached hydrogens (primary N) is 1. The number of ether oxygens (including phenoxy) is 2. The standard InChI is InChI=1S/C13H21N3O4/c14-12(17)7-15-5-10-11(6-15)20-8-13(18)16(10)9-1-3-19-4-2-9/h9-11H,1-8H2,(H2,14,17)/t10-,11-/m0/s1. The minimum Gasteiger partial charge on any atom is -0.381 e. The van der Waals surface area contributed by atoms with E-state index >= 15 is 0 Å². The van der Waals surface area contributed by atoms with Crippen LogP contribution in [-0.2, 0) is 19.1 Å². The number of fused-ring (bicyclic) bond motifs is 1. The number of hydrogen-bond acceptors (Lipinski definition) is 5. The summed E-state index contributed by atoms with van der Waals surface area (Å²) in [5, 5.41) is 0. The molecular weight excluding hydrogens is 262 g/mol. The fraction of sp³-hybridized carbons (Fsp3) is 0.846. The number of primary amides is 1. The SMILES string of the molecule is NC(=O)CN1C[C@@H]2OCC(=O)N(C3CCOCC3)[C@H]2C1. The Morgan fingerprint density at radius 1 is 1.30 bits per heavy atom. The second-order valence-electron chi connectivity index (χ2n) is 5.72. The molecule has 0 spiro atoms. The highest BCUT2D eigenvalue weighted by molar-refractivity contribution is 5.79. The topological polar surface area (TPSA) is 85.1 Å². The van der Waals surface area contributed by atoms with Crippen LogP contribution in [0.3, 0.4) is 0 Å². The van der Waals surface area contributed by atoms with Crippen LogP contribution in [0.2, 0.25) is 0 Å². The van der Waals surface area contributed by atoms with Crippen LogP contribution in [0.15, 0.2) is 0 Å². The van der Waals surface area contributed by atoms with Gasteiger partial charge in [-0.1, -0.05) is 0 Å². The van der Waals surface area contributed by atoms with E-state index in [1.54, 1.807) is 0 Å². The number of hydrogen-bond donors (Lipinski definition) is 1. The van der Waals surface area contributed by atoms with Crippen molar-refractivity contribution in [1.29, 1.82) is 0 Å². The van der Waals surface area contributed by atoms with Crippen molar-refractivity contribution < 1.29 is 19.1 Å². The third-order valence-electron chi connectivity index (χ3n) is 4.34. The lowest BCUT2D eigenvalue weighted by molar-refractivity contribution is -0.159. The average molecular weight is 283 g/mol. The summed E-state index contributed by atoms with van der Waals surface area (Å²) in [6.07, 6.45) is 1.75. The number of rotatable bonds is 3. The normalized spacial score (nSPS) is 32.4. The second kappa shape index (κ2) is 5.67. The summed E-state index contributed by atoms with van der Waals surface area (Å²) in [5.41, 5.74) is 5.25. The molecule has 3 saturated heterocycles. The molecular formula is C13H21N3O4. The van der Waals surface area contributed by atoms with Gasteiger partial charge in [-0.2, -0.15) is 0 Å². The van der Waals surface area contributed by atoms with Gasteiger partial charge < -0.3 is 20.1 Å². The van der Waals surface area contributed by atoms with E-state index in [-0.39, 0.29) is 43.2 Å². The summed E-state index contributed by atoms with van der Waals surface area (Å²) in [5.74, 6) is -0.285. The summed E-state index contributed by atoms with van der Waals surface area (Å²) in [4.78, 5) is 27.2. The number of morpholine rings is 1. The smallest absolute Gasteiger partial charge is 0.249 e. The molecule has 3 aliphatic rings. The van der Waals surface area contributed by atoms with Crippen LogP contribution in [0, 0.1) is 0 Å². The van der Waals surface area contributed by atoms with E-state index < -0.39 is 0 Å². The van der Waals surface area contributed by atoms with E-state index in [1.807, 2.05) is 9.80 Å². The maximum absolute atomic E-state index is 12.2. The van der Waals surface area contributed by atoms with E-state index in [2.05, 4.69) is 0 Å². The Labute approximate surface area is 118 Å². The fourth-order valence-electron chi connectivity index (χ4n) is 3.49. The molecule has 0 aromatic carbocycles. The number of nitrogens with zero attached hydrogens (tertiary/aromatic N) is 2. The summed E-state index contributed by atoms with van der Waals surface area (Å²) in [7, 11) is 0. The molecule has 7 nitrogen and oxygen atoms in total. The van der Waals surface area contributed by atoms with Gasteiger partial charge in [0.1, 0.15) is 6.61 Å². The van der Waals surface area contributed by atoms with Crippen molar-refractivity contribution in [3.63, 3.8) is 0 Å². The molecule has 0 bridgehead atoms.